The predicted octanol–water partition coefficient (Wildman–Crippen LogP) is 6.11. The molecule has 0 saturated heterocycles. The molecule has 7 heteroatoms. The number of hydrogen-bond acceptors (Lipinski definition) is 5. The molecule has 0 radical (unpaired) electrons. The highest BCUT2D eigenvalue weighted by Crippen LogP contribution is 2.41. The summed E-state index contributed by atoms with van der Waals surface area (Å²) in [6, 6.07) is 11.2. The van der Waals surface area contributed by atoms with E-state index in [1.165, 1.54) is 18.4 Å². The molecule has 162 valence electrons. The fourth-order valence-corrected chi connectivity index (χ4v) is 4.65. The molecule has 1 aromatic heterocycles. The van der Waals surface area contributed by atoms with Crippen molar-refractivity contribution < 1.29 is 19.1 Å². The van der Waals surface area contributed by atoms with Crippen LogP contribution in [0.2, 0.25) is 5.02 Å². The van der Waals surface area contributed by atoms with Crippen molar-refractivity contribution >= 4 is 39.8 Å². The zero-order chi connectivity index (χ0) is 22.7. The third kappa shape index (κ3) is 5.09. The van der Waals surface area contributed by atoms with Gasteiger partial charge in [-0.3, -0.25) is 4.79 Å². The van der Waals surface area contributed by atoms with E-state index in [9.17, 15) is 9.59 Å². The van der Waals surface area contributed by atoms with Gasteiger partial charge in [-0.15, -0.1) is 11.3 Å². The molecule has 1 amide bonds. The van der Waals surface area contributed by atoms with E-state index in [0.29, 0.717) is 26.9 Å². The highest BCUT2D eigenvalue weighted by molar-refractivity contribution is 7.17. The van der Waals surface area contributed by atoms with Crippen molar-refractivity contribution in [3.63, 3.8) is 0 Å². The van der Waals surface area contributed by atoms with Crippen LogP contribution in [0, 0.1) is 27.7 Å². The van der Waals surface area contributed by atoms with Crippen molar-refractivity contribution in [2.75, 3.05) is 19.0 Å². The molecule has 0 saturated carbocycles. The van der Waals surface area contributed by atoms with Gasteiger partial charge < -0.3 is 14.8 Å². The number of anilines is 1. The molecule has 31 heavy (non-hydrogen) atoms. The van der Waals surface area contributed by atoms with Gasteiger partial charge in [0.25, 0.3) is 5.91 Å². The second-order valence-electron chi connectivity index (χ2n) is 7.28. The van der Waals surface area contributed by atoms with Gasteiger partial charge in [0.2, 0.25) is 0 Å². The third-order valence-corrected chi connectivity index (χ3v) is 6.22. The maximum Gasteiger partial charge on any atom is 0.341 e. The Morgan fingerprint density at radius 1 is 1.10 bits per heavy atom. The van der Waals surface area contributed by atoms with E-state index in [4.69, 9.17) is 21.1 Å². The Morgan fingerprint density at radius 3 is 2.52 bits per heavy atom. The first-order valence-corrected chi connectivity index (χ1v) is 10.9. The lowest BCUT2D eigenvalue weighted by Gasteiger charge is -2.12. The van der Waals surface area contributed by atoms with Crippen LogP contribution in [0.4, 0.5) is 5.00 Å². The van der Waals surface area contributed by atoms with Gasteiger partial charge in [-0.1, -0.05) is 29.8 Å². The van der Waals surface area contributed by atoms with Gasteiger partial charge in [-0.25, -0.2) is 4.79 Å². The molecule has 3 aromatic rings. The summed E-state index contributed by atoms with van der Waals surface area (Å²) < 4.78 is 10.7. The van der Waals surface area contributed by atoms with Crippen LogP contribution >= 0.6 is 22.9 Å². The number of halogens is 1. The maximum atomic E-state index is 12.6. The van der Waals surface area contributed by atoms with E-state index in [2.05, 4.69) is 11.4 Å². The number of rotatable bonds is 6. The van der Waals surface area contributed by atoms with Crippen molar-refractivity contribution in [1.82, 2.24) is 0 Å². The Morgan fingerprint density at radius 2 is 1.84 bits per heavy atom. The monoisotopic (exact) mass is 457 g/mol. The number of amides is 1. The van der Waals surface area contributed by atoms with Gasteiger partial charge in [-0.05, 0) is 68.1 Å². The third-order valence-electron chi connectivity index (χ3n) is 4.96. The molecule has 0 fully saturated rings. The lowest BCUT2D eigenvalue weighted by molar-refractivity contribution is -0.118. The van der Waals surface area contributed by atoms with Gasteiger partial charge >= 0.3 is 5.97 Å². The fourth-order valence-electron chi connectivity index (χ4n) is 3.38. The van der Waals surface area contributed by atoms with Crippen LogP contribution in [0.15, 0.2) is 36.4 Å². The molecule has 0 bridgehead atoms. The quantitative estimate of drug-likeness (QED) is 0.454. The van der Waals surface area contributed by atoms with Gasteiger partial charge in [-0.2, -0.15) is 0 Å². The van der Waals surface area contributed by atoms with Crippen molar-refractivity contribution in [2.45, 2.75) is 27.7 Å². The minimum atomic E-state index is -0.527. The molecule has 2 aromatic carbocycles. The molecule has 0 atom stereocenters. The Kier molecular flexibility index (Phi) is 7.03. The molecule has 0 spiro atoms. The largest absolute Gasteiger partial charge is 0.483 e. The number of carbonyl (C=O) groups is 2. The Balaban J connectivity index is 1.87. The van der Waals surface area contributed by atoms with E-state index >= 15 is 0 Å². The van der Waals surface area contributed by atoms with Crippen molar-refractivity contribution in [1.29, 1.82) is 0 Å². The summed E-state index contributed by atoms with van der Waals surface area (Å²) in [6.07, 6.45) is 0. The van der Waals surface area contributed by atoms with E-state index in [1.807, 2.05) is 45.9 Å². The minimum Gasteiger partial charge on any atom is -0.483 e. The van der Waals surface area contributed by atoms with Gasteiger partial charge in [0, 0.05) is 15.5 Å². The van der Waals surface area contributed by atoms with Crippen LogP contribution in [0.3, 0.4) is 0 Å². The number of aryl methyl sites for hydroxylation is 3. The summed E-state index contributed by atoms with van der Waals surface area (Å²) in [4.78, 5) is 26.1. The highest BCUT2D eigenvalue weighted by Gasteiger charge is 2.25. The first-order valence-electron chi connectivity index (χ1n) is 9.69. The summed E-state index contributed by atoms with van der Waals surface area (Å²) >= 11 is 7.45. The zero-order valence-electron chi connectivity index (χ0n) is 18.1. The topological polar surface area (TPSA) is 64.6 Å². The average molecular weight is 458 g/mol. The Bertz CT molecular complexity index is 1150. The van der Waals surface area contributed by atoms with E-state index in [1.54, 1.807) is 12.1 Å². The number of thiophene rings is 1. The first-order chi connectivity index (χ1) is 14.7. The van der Waals surface area contributed by atoms with Crippen LogP contribution in [0.25, 0.3) is 11.1 Å². The summed E-state index contributed by atoms with van der Waals surface area (Å²) in [5.41, 5.74) is 4.94. The SMILES string of the molecule is COC(=O)c1c(NC(=O)COc2cc(C)cc(C)c2C)sc(C)c1-c1cccc(Cl)c1. The van der Waals surface area contributed by atoms with Crippen molar-refractivity contribution in [3.05, 3.63) is 68.6 Å². The fraction of sp³-hybridized carbons (Fsp3) is 0.250. The van der Waals surface area contributed by atoms with Gasteiger partial charge in [0.1, 0.15) is 16.3 Å². The lowest BCUT2D eigenvalue weighted by Crippen LogP contribution is -2.21. The van der Waals surface area contributed by atoms with E-state index in [0.717, 1.165) is 27.1 Å². The second-order valence-corrected chi connectivity index (χ2v) is 8.94. The van der Waals surface area contributed by atoms with Gasteiger partial charge in [0.15, 0.2) is 6.61 Å². The molecule has 0 aliphatic carbocycles. The molecule has 0 unspecified atom stereocenters. The number of methoxy groups -OCH3 is 1. The maximum absolute atomic E-state index is 12.6. The normalized spacial score (nSPS) is 10.6. The van der Waals surface area contributed by atoms with Crippen LogP contribution in [0.1, 0.15) is 31.9 Å². The van der Waals surface area contributed by atoms with Crippen LogP contribution in [0.5, 0.6) is 5.75 Å². The predicted molar refractivity (Wildman–Crippen MR) is 126 cm³/mol. The summed E-state index contributed by atoms with van der Waals surface area (Å²) in [5, 5.41) is 3.79. The second kappa shape index (κ2) is 9.54. The molecule has 1 N–H and O–H groups in total. The minimum absolute atomic E-state index is 0.173. The summed E-state index contributed by atoms with van der Waals surface area (Å²) in [7, 11) is 1.31. The average Bonchev–Trinajstić information content (AvgIpc) is 3.04. The van der Waals surface area contributed by atoms with Crippen LogP contribution in [-0.2, 0) is 9.53 Å². The highest BCUT2D eigenvalue weighted by atomic mass is 35.5. The van der Waals surface area contributed by atoms with Crippen molar-refractivity contribution in [3.8, 4) is 16.9 Å². The Hall–Kier alpha value is -2.83. The number of ether oxygens (including phenoxy) is 2. The molecule has 1 heterocycles. The smallest absolute Gasteiger partial charge is 0.341 e. The molecular formula is C24H24ClNO4S. The zero-order valence-corrected chi connectivity index (χ0v) is 19.7. The number of esters is 1. The summed E-state index contributed by atoms with van der Waals surface area (Å²) in [6.45, 7) is 7.65. The molecular weight excluding hydrogens is 434 g/mol. The number of carbonyl (C=O) groups excluding carboxylic acids is 2. The molecule has 0 aliphatic heterocycles. The van der Waals surface area contributed by atoms with Crippen molar-refractivity contribution in [2.24, 2.45) is 0 Å². The molecule has 0 aliphatic rings. The summed E-state index contributed by atoms with van der Waals surface area (Å²) in [5.74, 6) is -0.217. The van der Waals surface area contributed by atoms with Crippen LogP contribution < -0.4 is 10.1 Å². The Labute approximate surface area is 191 Å². The molecule has 5 nitrogen and oxygen atoms in total. The number of hydrogen-bond donors (Lipinski definition) is 1. The molecule has 3 rings (SSSR count). The van der Waals surface area contributed by atoms with Gasteiger partial charge in [0.05, 0.1) is 7.11 Å². The first kappa shape index (κ1) is 22.8. The lowest BCUT2D eigenvalue weighted by atomic mass is 10.0. The number of benzene rings is 2. The van der Waals surface area contributed by atoms with E-state index < -0.39 is 5.97 Å². The van der Waals surface area contributed by atoms with E-state index in [-0.39, 0.29) is 12.5 Å². The standard InChI is InChI=1S/C24H24ClNO4S/c1-13-9-14(2)15(3)19(10-13)30-12-20(27)26-23-22(24(28)29-5)21(16(4)31-23)17-7-6-8-18(25)11-17/h6-11H,12H2,1-5H3,(H,26,27). The number of nitrogens with one attached hydrogen (secondary N) is 1. The van der Waals surface area contributed by atoms with Crippen LogP contribution in [-0.4, -0.2) is 25.6 Å².